The number of aromatic hydroxyl groups is 1. The van der Waals surface area contributed by atoms with Gasteiger partial charge in [0.05, 0.1) is 0 Å². The summed E-state index contributed by atoms with van der Waals surface area (Å²) < 4.78 is 0. The van der Waals surface area contributed by atoms with Crippen LogP contribution in [0.5, 0.6) is 5.75 Å². The third-order valence-electron chi connectivity index (χ3n) is 1.57. The fourth-order valence-electron chi connectivity index (χ4n) is 0.909. The lowest BCUT2D eigenvalue weighted by Crippen LogP contribution is -2.03. The Labute approximate surface area is 81.8 Å². The fourth-order valence-corrected chi connectivity index (χ4v) is 0.909. The summed E-state index contributed by atoms with van der Waals surface area (Å²) in [7, 11) is 0. The van der Waals surface area contributed by atoms with Gasteiger partial charge < -0.3 is 9.94 Å². The predicted molar refractivity (Wildman–Crippen MR) is 52.3 cm³/mol. The Bertz CT molecular complexity index is 330. The Morgan fingerprint density at radius 3 is 2.64 bits per heavy atom. The summed E-state index contributed by atoms with van der Waals surface area (Å²) in [6.45, 7) is 2.19. The highest BCUT2D eigenvalue weighted by Crippen LogP contribution is 2.10. The molecule has 0 aliphatic rings. The molecule has 4 heteroatoms. The Morgan fingerprint density at radius 1 is 1.50 bits per heavy atom. The number of nitrogens with zero attached hydrogens (tertiary/aromatic N) is 1. The minimum Gasteiger partial charge on any atom is -0.508 e. The van der Waals surface area contributed by atoms with E-state index in [-0.39, 0.29) is 11.5 Å². The molecule has 0 radical (unpaired) electrons. The second-order valence-electron chi connectivity index (χ2n) is 2.56. The lowest BCUT2D eigenvalue weighted by Gasteiger charge is -1.99. The lowest BCUT2D eigenvalue weighted by molar-refractivity contribution is -0.102. The molecular weight excluding hydrogens is 182 g/mol. The molecule has 1 rings (SSSR count). The largest absolute Gasteiger partial charge is 0.508 e. The molecule has 0 unspecified atom stereocenters. The molecule has 0 saturated carbocycles. The molecule has 0 aromatic heterocycles. The van der Waals surface area contributed by atoms with Crippen molar-refractivity contribution >= 4 is 12.0 Å². The van der Waals surface area contributed by atoms with E-state index >= 15 is 0 Å². The number of oxime groups is 1. The number of rotatable bonds is 4. The van der Waals surface area contributed by atoms with E-state index in [2.05, 4.69) is 5.16 Å². The molecule has 1 aromatic rings. The third kappa shape index (κ3) is 2.58. The van der Waals surface area contributed by atoms with Crippen LogP contribution in [0.25, 0.3) is 0 Å². The van der Waals surface area contributed by atoms with Crippen molar-refractivity contribution < 1.29 is 14.7 Å². The first kappa shape index (κ1) is 10.2. The lowest BCUT2D eigenvalue weighted by atomic mass is 10.1. The number of carbonyl (C=O) groups is 1. The normalized spacial score (nSPS) is 11.1. The molecule has 0 spiro atoms. The Kier molecular flexibility index (Phi) is 3.67. The van der Waals surface area contributed by atoms with Crippen molar-refractivity contribution in [2.45, 2.75) is 6.92 Å². The molecule has 1 N–H and O–H groups in total. The molecule has 74 valence electrons. The number of hydrogen-bond donors (Lipinski definition) is 1. The zero-order chi connectivity index (χ0) is 10.4. The van der Waals surface area contributed by atoms with Crippen LogP contribution < -0.4 is 0 Å². The molecule has 14 heavy (non-hydrogen) atoms. The van der Waals surface area contributed by atoms with Crippen LogP contribution in [-0.4, -0.2) is 23.7 Å². The molecule has 0 amide bonds. The predicted octanol–water partition coefficient (Wildman–Crippen LogP) is 1.33. The van der Waals surface area contributed by atoms with Crippen molar-refractivity contribution in [1.82, 2.24) is 0 Å². The van der Waals surface area contributed by atoms with Gasteiger partial charge >= 0.3 is 0 Å². The van der Waals surface area contributed by atoms with Crippen molar-refractivity contribution in [3.63, 3.8) is 0 Å². The highest BCUT2D eigenvalue weighted by molar-refractivity contribution is 6.36. The van der Waals surface area contributed by atoms with Crippen LogP contribution in [0.15, 0.2) is 29.4 Å². The summed E-state index contributed by atoms with van der Waals surface area (Å²) in [5.74, 6) is 0.149. The van der Waals surface area contributed by atoms with Crippen molar-refractivity contribution in [2.75, 3.05) is 6.61 Å². The average molecular weight is 193 g/mol. The SMILES string of the molecule is CCON=C(C=O)c1ccc(O)cc1. The summed E-state index contributed by atoms with van der Waals surface area (Å²) in [6, 6.07) is 6.17. The number of hydrogen-bond acceptors (Lipinski definition) is 4. The van der Waals surface area contributed by atoms with Crippen molar-refractivity contribution in [3.8, 4) is 5.75 Å². The molecule has 0 saturated heterocycles. The van der Waals surface area contributed by atoms with Crippen molar-refractivity contribution in [1.29, 1.82) is 0 Å². The zero-order valence-corrected chi connectivity index (χ0v) is 7.80. The van der Waals surface area contributed by atoms with Gasteiger partial charge in [-0.3, -0.25) is 4.79 Å². The summed E-state index contributed by atoms with van der Waals surface area (Å²) in [6.07, 6.45) is 0.613. The van der Waals surface area contributed by atoms with Gasteiger partial charge in [-0.25, -0.2) is 0 Å². The topological polar surface area (TPSA) is 58.9 Å². The smallest absolute Gasteiger partial charge is 0.172 e. The summed E-state index contributed by atoms with van der Waals surface area (Å²) >= 11 is 0. The van der Waals surface area contributed by atoms with E-state index in [0.29, 0.717) is 18.5 Å². The quantitative estimate of drug-likeness (QED) is 0.446. The van der Waals surface area contributed by atoms with Crippen LogP contribution in [0.1, 0.15) is 12.5 Å². The van der Waals surface area contributed by atoms with Gasteiger partial charge in [-0.2, -0.15) is 0 Å². The molecule has 0 aliphatic carbocycles. The Morgan fingerprint density at radius 2 is 2.14 bits per heavy atom. The van der Waals surface area contributed by atoms with Crippen LogP contribution in [0.3, 0.4) is 0 Å². The van der Waals surface area contributed by atoms with Gasteiger partial charge in [-0.15, -0.1) is 0 Å². The van der Waals surface area contributed by atoms with Crippen LogP contribution in [0.2, 0.25) is 0 Å². The number of carbonyl (C=O) groups excluding carboxylic acids is 1. The summed E-state index contributed by atoms with van der Waals surface area (Å²) in [5.41, 5.74) is 0.832. The molecule has 0 aliphatic heterocycles. The zero-order valence-electron chi connectivity index (χ0n) is 7.80. The number of benzene rings is 1. The number of phenolic OH excluding ortho intramolecular Hbond substituents is 1. The number of phenols is 1. The Hall–Kier alpha value is -1.84. The van der Waals surface area contributed by atoms with Gasteiger partial charge in [0.15, 0.2) is 6.29 Å². The third-order valence-corrected chi connectivity index (χ3v) is 1.57. The van der Waals surface area contributed by atoms with E-state index < -0.39 is 0 Å². The first-order valence-electron chi connectivity index (χ1n) is 4.22. The van der Waals surface area contributed by atoms with E-state index in [1.807, 2.05) is 0 Å². The van der Waals surface area contributed by atoms with E-state index in [1.54, 1.807) is 19.1 Å². The van der Waals surface area contributed by atoms with Gasteiger partial charge in [-0.1, -0.05) is 5.16 Å². The Balaban J connectivity index is 2.89. The first-order chi connectivity index (χ1) is 6.77. The second-order valence-corrected chi connectivity index (χ2v) is 2.56. The van der Waals surface area contributed by atoms with Crippen LogP contribution in [0.4, 0.5) is 0 Å². The molecular formula is C10H11NO3. The van der Waals surface area contributed by atoms with Gasteiger partial charge in [-0.05, 0) is 31.2 Å². The molecule has 0 fully saturated rings. The molecule has 1 aromatic carbocycles. The van der Waals surface area contributed by atoms with Gasteiger partial charge in [0.2, 0.25) is 0 Å². The van der Waals surface area contributed by atoms with Gasteiger partial charge in [0, 0.05) is 5.56 Å². The van der Waals surface area contributed by atoms with Crippen molar-refractivity contribution in [3.05, 3.63) is 29.8 Å². The van der Waals surface area contributed by atoms with E-state index in [4.69, 9.17) is 9.94 Å². The minimum absolute atomic E-state index is 0.149. The highest BCUT2D eigenvalue weighted by Gasteiger charge is 2.02. The number of aldehydes is 1. The average Bonchev–Trinajstić information content (AvgIpc) is 2.21. The van der Waals surface area contributed by atoms with Crippen LogP contribution in [-0.2, 0) is 9.63 Å². The highest BCUT2D eigenvalue weighted by atomic mass is 16.6. The molecule has 0 atom stereocenters. The summed E-state index contributed by atoms with van der Waals surface area (Å²) in [4.78, 5) is 15.4. The molecule has 0 bridgehead atoms. The summed E-state index contributed by atoms with van der Waals surface area (Å²) in [5, 5.41) is 12.7. The monoisotopic (exact) mass is 193 g/mol. The van der Waals surface area contributed by atoms with E-state index in [1.165, 1.54) is 12.1 Å². The van der Waals surface area contributed by atoms with Crippen molar-refractivity contribution in [2.24, 2.45) is 5.16 Å². The minimum atomic E-state index is 0.149. The van der Waals surface area contributed by atoms with Crippen LogP contribution >= 0.6 is 0 Å². The van der Waals surface area contributed by atoms with Gasteiger partial charge in [0.1, 0.15) is 18.1 Å². The van der Waals surface area contributed by atoms with E-state index in [9.17, 15) is 4.79 Å². The molecule has 0 heterocycles. The van der Waals surface area contributed by atoms with Crippen LogP contribution in [0, 0.1) is 0 Å². The molecule has 4 nitrogen and oxygen atoms in total. The maximum Gasteiger partial charge on any atom is 0.172 e. The van der Waals surface area contributed by atoms with E-state index in [0.717, 1.165) is 0 Å². The first-order valence-corrected chi connectivity index (χ1v) is 4.22. The van der Waals surface area contributed by atoms with Gasteiger partial charge in [0.25, 0.3) is 0 Å². The maximum absolute atomic E-state index is 10.6. The second kappa shape index (κ2) is 5.01. The maximum atomic E-state index is 10.6. The fraction of sp³-hybridized carbons (Fsp3) is 0.200. The standard InChI is InChI=1S/C10H11NO3/c1-2-14-11-10(7-12)8-3-5-9(13)6-4-8/h3-7,13H,2H2,1H3.